The smallest absolute Gasteiger partial charge is 0.322 e. The zero-order valence-corrected chi connectivity index (χ0v) is 12.4. The molecule has 0 radical (unpaired) electrons. The minimum Gasteiger partial charge on any atom is -0.506 e. The van der Waals surface area contributed by atoms with Gasteiger partial charge in [0.25, 0.3) is 5.91 Å². The maximum Gasteiger partial charge on any atom is 0.322 e. The average Bonchev–Trinajstić information content (AvgIpc) is 3.06. The molecule has 2 heterocycles. The lowest BCUT2D eigenvalue weighted by Crippen LogP contribution is -2.29. The topological polar surface area (TPSA) is 125 Å². The molecule has 3 N–H and O–H groups in total. The molecule has 1 aromatic carbocycles. The van der Waals surface area contributed by atoms with E-state index in [9.17, 15) is 14.7 Å². The molecule has 116 valence electrons. The van der Waals surface area contributed by atoms with Crippen LogP contribution in [0.3, 0.4) is 0 Å². The Hall–Kier alpha value is -3.07. The number of fused-ring (bicyclic) bond motifs is 1. The number of nitrogens with one attached hydrogen (secondary N) is 1. The zero-order valence-electron chi connectivity index (χ0n) is 11.6. The van der Waals surface area contributed by atoms with Crippen LogP contribution in [0.5, 0.6) is 5.75 Å². The Kier molecular flexibility index (Phi) is 3.85. The maximum absolute atomic E-state index is 12.3. The molecule has 0 saturated carbocycles. The Balaban J connectivity index is 2.19. The predicted octanol–water partition coefficient (Wildman–Crippen LogP) is 1.27. The van der Waals surface area contributed by atoms with Crippen molar-refractivity contribution in [2.45, 2.75) is 0 Å². The van der Waals surface area contributed by atoms with Gasteiger partial charge in [-0.15, -0.1) is 11.3 Å². The van der Waals surface area contributed by atoms with E-state index < -0.39 is 18.4 Å². The third kappa shape index (κ3) is 2.81. The number of carbonyl (C=O) groups excluding carboxylic acids is 1. The van der Waals surface area contributed by atoms with Crippen molar-refractivity contribution in [1.82, 2.24) is 20.3 Å². The molecule has 9 heteroatoms. The minimum atomic E-state index is -1.19. The van der Waals surface area contributed by atoms with Gasteiger partial charge in [-0.05, 0) is 6.07 Å². The highest BCUT2D eigenvalue weighted by Gasteiger charge is 2.22. The Bertz CT molecular complexity index is 895. The van der Waals surface area contributed by atoms with E-state index in [2.05, 4.69) is 20.3 Å². The summed E-state index contributed by atoms with van der Waals surface area (Å²) in [5.74, 6) is -2.25. The molecule has 0 aliphatic rings. The molecule has 0 aliphatic carbocycles. The number of carboxylic acid groups (broad SMARTS) is 1. The van der Waals surface area contributed by atoms with Crippen LogP contribution in [0, 0.1) is 0 Å². The number of hydrogen-bond acceptors (Lipinski definition) is 7. The summed E-state index contributed by atoms with van der Waals surface area (Å²) in [6, 6.07) is 1.58. The highest BCUT2D eigenvalue weighted by atomic mass is 32.1. The van der Waals surface area contributed by atoms with E-state index in [0.717, 1.165) is 0 Å². The van der Waals surface area contributed by atoms with Crippen LogP contribution in [-0.4, -0.2) is 43.6 Å². The number of phenolic OH excluding ortho intramolecular Hbond substituents is 1. The molecule has 0 bridgehead atoms. The van der Waals surface area contributed by atoms with Gasteiger partial charge < -0.3 is 15.5 Å². The molecule has 3 rings (SSSR count). The molecule has 2 aromatic heterocycles. The molecular formula is C14H10N4O4S. The van der Waals surface area contributed by atoms with Crippen molar-refractivity contribution >= 4 is 34.2 Å². The normalized spacial score (nSPS) is 10.6. The lowest BCUT2D eigenvalue weighted by atomic mass is 10.0. The van der Waals surface area contributed by atoms with Gasteiger partial charge in [0, 0.05) is 23.3 Å². The molecule has 0 spiro atoms. The largest absolute Gasteiger partial charge is 0.506 e. The van der Waals surface area contributed by atoms with E-state index in [1.54, 1.807) is 17.0 Å². The number of thiazole rings is 1. The van der Waals surface area contributed by atoms with Crippen molar-refractivity contribution < 1.29 is 19.8 Å². The minimum absolute atomic E-state index is 0.125. The first-order chi connectivity index (χ1) is 11.1. The fraction of sp³-hybridized carbons (Fsp3) is 0.0714. The second-order valence-electron chi connectivity index (χ2n) is 4.52. The number of amides is 1. The Morgan fingerprint density at radius 2 is 2.00 bits per heavy atom. The second-order valence-corrected chi connectivity index (χ2v) is 5.24. The number of hydrogen-bond donors (Lipinski definition) is 3. The summed E-state index contributed by atoms with van der Waals surface area (Å²) in [6.45, 7) is -0.568. The molecule has 1 amide bonds. The fourth-order valence-corrected chi connectivity index (χ4v) is 2.65. The maximum atomic E-state index is 12.3. The van der Waals surface area contributed by atoms with E-state index in [-0.39, 0.29) is 16.8 Å². The number of aromatic hydroxyl groups is 1. The second kappa shape index (κ2) is 5.97. The van der Waals surface area contributed by atoms with E-state index >= 15 is 0 Å². The van der Waals surface area contributed by atoms with Crippen LogP contribution in [0.4, 0.5) is 0 Å². The molecule has 0 aliphatic heterocycles. The van der Waals surface area contributed by atoms with Crippen molar-refractivity contribution in [1.29, 1.82) is 0 Å². The molecule has 0 fully saturated rings. The van der Waals surface area contributed by atoms with Gasteiger partial charge in [-0.2, -0.15) is 0 Å². The summed E-state index contributed by atoms with van der Waals surface area (Å²) in [5.41, 5.74) is 2.88. The van der Waals surface area contributed by atoms with Crippen LogP contribution in [0.2, 0.25) is 0 Å². The molecule has 0 saturated heterocycles. The predicted molar refractivity (Wildman–Crippen MR) is 82.3 cm³/mol. The Morgan fingerprint density at radius 1 is 1.22 bits per heavy atom. The van der Waals surface area contributed by atoms with E-state index in [1.165, 1.54) is 23.7 Å². The summed E-state index contributed by atoms with van der Waals surface area (Å²) < 4.78 is 0. The first kappa shape index (κ1) is 14.9. The summed E-state index contributed by atoms with van der Waals surface area (Å²) in [6.07, 6.45) is 2.85. The average molecular weight is 330 g/mol. The molecule has 3 aromatic rings. The van der Waals surface area contributed by atoms with Gasteiger partial charge in [0.1, 0.15) is 23.4 Å². The molecule has 0 atom stereocenters. The summed E-state index contributed by atoms with van der Waals surface area (Å²) >= 11 is 1.34. The van der Waals surface area contributed by atoms with Gasteiger partial charge in [0.15, 0.2) is 0 Å². The van der Waals surface area contributed by atoms with E-state index in [1.807, 2.05) is 0 Å². The van der Waals surface area contributed by atoms with Crippen LogP contribution in [0.1, 0.15) is 10.4 Å². The number of rotatable bonds is 4. The van der Waals surface area contributed by atoms with Crippen molar-refractivity contribution in [2.75, 3.05) is 6.54 Å². The van der Waals surface area contributed by atoms with Crippen LogP contribution in [0.25, 0.3) is 22.3 Å². The lowest BCUT2D eigenvalue weighted by Gasteiger charge is -2.11. The van der Waals surface area contributed by atoms with Gasteiger partial charge in [0.2, 0.25) is 0 Å². The number of aliphatic carboxylic acids is 1. The molecule has 0 unspecified atom stereocenters. The van der Waals surface area contributed by atoms with Gasteiger partial charge in [0.05, 0.1) is 16.7 Å². The van der Waals surface area contributed by atoms with Crippen molar-refractivity contribution in [3.05, 3.63) is 34.9 Å². The number of phenols is 1. The zero-order chi connectivity index (χ0) is 16.4. The summed E-state index contributed by atoms with van der Waals surface area (Å²) in [7, 11) is 0. The van der Waals surface area contributed by atoms with Crippen molar-refractivity contribution in [3.63, 3.8) is 0 Å². The van der Waals surface area contributed by atoms with Crippen molar-refractivity contribution in [3.8, 4) is 17.0 Å². The SMILES string of the molecule is O=C(O)CNC(=O)c1c(O)c(-c2cscn2)cc2nccnc12. The summed E-state index contributed by atoms with van der Waals surface area (Å²) in [4.78, 5) is 35.2. The fourth-order valence-electron chi connectivity index (χ4n) is 2.10. The van der Waals surface area contributed by atoms with Gasteiger partial charge >= 0.3 is 5.97 Å². The lowest BCUT2D eigenvalue weighted by molar-refractivity contribution is -0.135. The van der Waals surface area contributed by atoms with Crippen LogP contribution < -0.4 is 5.32 Å². The quantitative estimate of drug-likeness (QED) is 0.657. The Morgan fingerprint density at radius 3 is 2.70 bits per heavy atom. The molecular weight excluding hydrogens is 320 g/mol. The first-order valence-electron chi connectivity index (χ1n) is 6.43. The third-order valence-electron chi connectivity index (χ3n) is 3.07. The van der Waals surface area contributed by atoms with E-state index in [0.29, 0.717) is 16.8 Å². The Labute approximate surface area is 133 Å². The van der Waals surface area contributed by atoms with Crippen LogP contribution in [-0.2, 0) is 4.79 Å². The standard InChI is InChI=1S/C14H10N4O4S/c19-10(20)4-17-14(22)11-12-8(15-1-2-16-12)3-7(13(11)21)9-5-23-6-18-9/h1-3,5-6,21H,4H2,(H,17,22)(H,19,20). The van der Waals surface area contributed by atoms with Crippen LogP contribution in [0.15, 0.2) is 29.4 Å². The summed E-state index contributed by atoms with van der Waals surface area (Å²) in [5, 5.41) is 23.1. The van der Waals surface area contributed by atoms with Crippen molar-refractivity contribution in [2.24, 2.45) is 0 Å². The van der Waals surface area contributed by atoms with Crippen LogP contribution >= 0.6 is 11.3 Å². The number of aromatic nitrogens is 3. The first-order valence-corrected chi connectivity index (χ1v) is 7.37. The van der Waals surface area contributed by atoms with Gasteiger partial charge in [-0.25, -0.2) is 4.98 Å². The van der Waals surface area contributed by atoms with Gasteiger partial charge in [-0.1, -0.05) is 0 Å². The number of nitrogens with zero attached hydrogens (tertiary/aromatic N) is 3. The number of benzene rings is 1. The molecule has 23 heavy (non-hydrogen) atoms. The monoisotopic (exact) mass is 330 g/mol. The number of carboxylic acids is 1. The highest BCUT2D eigenvalue weighted by molar-refractivity contribution is 7.07. The third-order valence-corrected chi connectivity index (χ3v) is 3.66. The number of carbonyl (C=O) groups is 2. The molecule has 8 nitrogen and oxygen atoms in total. The van der Waals surface area contributed by atoms with Gasteiger partial charge in [-0.3, -0.25) is 19.6 Å². The highest BCUT2D eigenvalue weighted by Crippen LogP contribution is 2.36. The van der Waals surface area contributed by atoms with E-state index in [4.69, 9.17) is 5.11 Å².